The lowest BCUT2D eigenvalue weighted by molar-refractivity contribution is 0.474. The Morgan fingerprint density at radius 1 is 1.14 bits per heavy atom. The van der Waals surface area contributed by atoms with Crippen molar-refractivity contribution in [2.24, 2.45) is 7.05 Å². The van der Waals surface area contributed by atoms with Gasteiger partial charge in [0.1, 0.15) is 17.7 Å². The molecule has 0 bridgehead atoms. The van der Waals surface area contributed by atoms with Crippen LogP contribution in [0.5, 0.6) is 0 Å². The van der Waals surface area contributed by atoms with E-state index >= 15 is 0 Å². The zero-order chi connectivity index (χ0) is 19.1. The molecule has 0 saturated carbocycles. The van der Waals surface area contributed by atoms with Crippen LogP contribution in [0.3, 0.4) is 0 Å². The molecular formula is C20H20BrN7. The third-order valence-electron chi connectivity index (χ3n) is 5.40. The number of rotatable bonds is 3. The number of imidazole rings is 2. The zero-order valence-electron chi connectivity index (χ0n) is 15.5. The maximum atomic E-state index is 4.97. The van der Waals surface area contributed by atoms with Crippen molar-refractivity contribution < 1.29 is 0 Å². The van der Waals surface area contributed by atoms with Gasteiger partial charge in [0.2, 0.25) is 0 Å². The number of H-pyrrole nitrogens is 1. The standard InChI is InChI=1S/C20H20BrN7/c1-27-10-16(14-3-2-4-15(21)9-14)26-19(27)13-5-7-28(8-6-13)20-17-18(23-11-22-17)24-12-25-20/h2-4,9-13H,5-8H2,1H3,(H,22,23,24,25). The predicted molar refractivity (Wildman–Crippen MR) is 112 cm³/mol. The van der Waals surface area contributed by atoms with Crippen molar-refractivity contribution in [2.75, 3.05) is 18.0 Å². The van der Waals surface area contributed by atoms with Crippen LogP contribution < -0.4 is 4.90 Å². The summed E-state index contributed by atoms with van der Waals surface area (Å²) in [6, 6.07) is 8.29. The minimum absolute atomic E-state index is 0.446. The van der Waals surface area contributed by atoms with Crippen LogP contribution in [0.2, 0.25) is 0 Å². The molecule has 1 fully saturated rings. The molecular weight excluding hydrogens is 418 g/mol. The van der Waals surface area contributed by atoms with E-state index in [1.807, 2.05) is 12.1 Å². The second kappa shape index (κ2) is 7.01. The van der Waals surface area contributed by atoms with Crippen molar-refractivity contribution in [3.63, 3.8) is 0 Å². The number of aryl methyl sites for hydroxylation is 1. The number of hydrogen-bond donors (Lipinski definition) is 1. The van der Waals surface area contributed by atoms with E-state index in [1.165, 1.54) is 0 Å². The zero-order valence-corrected chi connectivity index (χ0v) is 17.1. The van der Waals surface area contributed by atoms with Crippen LogP contribution in [0.1, 0.15) is 24.6 Å². The fourth-order valence-electron chi connectivity index (χ4n) is 3.99. The number of benzene rings is 1. The van der Waals surface area contributed by atoms with E-state index in [2.05, 4.69) is 70.7 Å². The van der Waals surface area contributed by atoms with Crippen LogP contribution in [-0.2, 0) is 7.05 Å². The lowest BCUT2D eigenvalue weighted by atomic mass is 9.96. The molecule has 5 rings (SSSR count). The number of nitrogens with zero attached hydrogens (tertiary/aromatic N) is 6. The topological polar surface area (TPSA) is 75.5 Å². The van der Waals surface area contributed by atoms with Gasteiger partial charge in [-0.15, -0.1) is 0 Å². The minimum atomic E-state index is 0.446. The molecule has 0 aliphatic carbocycles. The van der Waals surface area contributed by atoms with Gasteiger partial charge in [0.25, 0.3) is 0 Å². The first-order valence-electron chi connectivity index (χ1n) is 9.37. The van der Waals surface area contributed by atoms with Gasteiger partial charge >= 0.3 is 0 Å². The number of nitrogens with one attached hydrogen (secondary N) is 1. The molecule has 142 valence electrons. The van der Waals surface area contributed by atoms with Gasteiger partial charge in [0, 0.05) is 42.3 Å². The molecule has 8 heteroatoms. The van der Waals surface area contributed by atoms with Gasteiger partial charge in [-0.05, 0) is 25.0 Å². The Labute approximate surface area is 171 Å². The number of hydrogen-bond acceptors (Lipinski definition) is 5. The Bertz CT molecular complexity index is 1120. The van der Waals surface area contributed by atoms with Crippen molar-refractivity contribution in [1.29, 1.82) is 0 Å². The highest BCUT2D eigenvalue weighted by Gasteiger charge is 2.26. The second-order valence-electron chi connectivity index (χ2n) is 7.17. The highest BCUT2D eigenvalue weighted by atomic mass is 79.9. The van der Waals surface area contributed by atoms with Crippen molar-refractivity contribution >= 4 is 32.9 Å². The van der Waals surface area contributed by atoms with E-state index in [-0.39, 0.29) is 0 Å². The van der Waals surface area contributed by atoms with Crippen molar-refractivity contribution in [3.05, 3.63) is 53.4 Å². The summed E-state index contributed by atoms with van der Waals surface area (Å²) in [6.07, 6.45) is 7.48. The van der Waals surface area contributed by atoms with Gasteiger partial charge in [-0.1, -0.05) is 28.1 Å². The Balaban J connectivity index is 1.35. The summed E-state index contributed by atoms with van der Waals surface area (Å²) in [4.78, 5) is 23.4. The SMILES string of the molecule is Cn1cc(-c2cccc(Br)c2)nc1C1CCN(c2ncnc3nc[nH]c23)CC1. The summed E-state index contributed by atoms with van der Waals surface area (Å²) in [5.74, 6) is 2.54. The van der Waals surface area contributed by atoms with Crippen LogP contribution in [0, 0.1) is 0 Å². The summed E-state index contributed by atoms with van der Waals surface area (Å²) < 4.78 is 3.24. The molecule has 7 nitrogen and oxygen atoms in total. The van der Waals surface area contributed by atoms with E-state index in [1.54, 1.807) is 12.7 Å². The monoisotopic (exact) mass is 437 g/mol. The number of anilines is 1. The lowest BCUT2D eigenvalue weighted by Crippen LogP contribution is -2.34. The van der Waals surface area contributed by atoms with Crippen LogP contribution in [0.4, 0.5) is 5.82 Å². The molecule has 1 aliphatic heterocycles. The Morgan fingerprint density at radius 2 is 2.00 bits per heavy atom. The van der Waals surface area contributed by atoms with E-state index in [0.717, 1.165) is 64.5 Å². The third-order valence-corrected chi connectivity index (χ3v) is 5.89. The van der Waals surface area contributed by atoms with Gasteiger partial charge in [0.05, 0.1) is 12.0 Å². The third kappa shape index (κ3) is 3.07. The first kappa shape index (κ1) is 17.4. The Morgan fingerprint density at radius 3 is 2.82 bits per heavy atom. The van der Waals surface area contributed by atoms with Gasteiger partial charge in [-0.25, -0.2) is 19.9 Å². The maximum Gasteiger partial charge on any atom is 0.182 e. The summed E-state index contributed by atoms with van der Waals surface area (Å²) in [5, 5.41) is 0. The normalized spacial score (nSPS) is 15.4. The van der Waals surface area contributed by atoms with Gasteiger partial charge in [0.15, 0.2) is 11.5 Å². The summed E-state index contributed by atoms with van der Waals surface area (Å²) in [5.41, 5.74) is 3.79. The van der Waals surface area contributed by atoms with Crippen molar-refractivity contribution in [2.45, 2.75) is 18.8 Å². The first-order chi connectivity index (χ1) is 13.7. The highest BCUT2D eigenvalue weighted by Crippen LogP contribution is 2.32. The molecule has 4 heterocycles. The van der Waals surface area contributed by atoms with Crippen molar-refractivity contribution in [3.8, 4) is 11.3 Å². The molecule has 0 unspecified atom stereocenters. The Kier molecular flexibility index (Phi) is 4.35. The van der Waals surface area contributed by atoms with E-state index in [0.29, 0.717) is 5.92 Å². The molecule has 28 heavy (non-hydrogen) atoms. The Hall–Kier alpha value is -2.74. The number of halogens is 1. The molecule has 0 amide bonds. The quantitative estimate of drug-likeness (QED) is 0.525. The molecule has 0 atom stereocenters. The van der Waals surface area contributed by atoms with E-state index < -0.39 is 0 Å². The fourth-order valence-corrected chi connectivity index (χ4v) is 4.39. The summed E-state index contributed by atoms with van der Waals surface area (Å²) >= 11 is 3.55. The number of piperidine rings is 1. The number of fused-ring (bicyclic) bond motifs is 1. The predicted octanol–water partition coefficient (Wildman–Crippen LogP) is 3.90. The largest absolute Gasteiger partial charge is 0.355 e. The van der Waals surface area contributed by atoms with Gasteiger partial charge in [-0.3, -0.25) is 0 Å². The van der Waals surface area contributed by atoms with Crippen LogP contribution in [0.25, 0.3) is 22.4 Å². The number of aromatic amines is 1. The molecule has 3 aromatic heterocycles. The van der Waals surface area contributed by atoms with Crippen LogP contribution in [0.15, 0.2) is 47.6 Å². The molecule has 4 aromatic rings. The molecule has 1 aromatic carbocycles. The summed E-state index contributed by atoms with van der Waals surface area (Å²) in [6.45, 7) is 1.88. The summed E-state index contributed by atoms with van der Waals surface area (Å²) in [7, 11) is 2.09. The molecule has 0 spiro atoms. The molecule has 1 N–H and O–H groups in total. The van der Waals surface area contributed by atoms with Crippen LogP contribution in [-0.4, -0.2) is 42.6 Å². The first-order valence-corrected chi connectivity index (χ1v) is 10.2. The average Bonchev–Trinajstić information content (AvgIpc) is 3.34. The van der Waals surface area contributed by atoms with Gasteiger partial charge in [-0.2, -0.15) is 0 Å². The highest BCUT2D eigenvalue weighted by molar-refractivity contribution is 9.10. The lowest BCUT2D eigenvalue weighted by Gasteiger charge is -2.32. The molecule has 1 aliphatic rings. The smallest absolute Gasteiger partial charge is 0.182 e. The van der Waals surface area contributed by atoms with E-state index in [9.17, 15) is 0 Å². The fraction of sp³-hybridized carbons (Fsp3) is 0.300. The maximum absolute atomic E-state index is 4.97. The second-order valence-corrected chi connectivity index (χ2v) is 8.08. The number of aromatic nitrogens is 6. The average molecular weight is 438 g/mol. The van der Waals surface area contributed by atoms with Crippen molar-refractivity contribution in [1.82, 2.24) is 29.5 Å². The van der Waals surface area contributed by atoms with E-state index in [4.69, 9.17) is 4.98 Å². The molecule has 1 saturated heterocycles. The minimum Gasteiger partial charge on any atom is -0.355 e. The van der Waals surface area contributed by atoms with Crippen LogP contribution >= 0.6 is 15.9 Å². The molecule has 0 radical (unpaired) electrons. The van der Waals surface area contributed by atoms with Gasteiger partial charge < -0.3 is 14.5 Å².